The van der Waals surface area contributed by atoms with Crippen LogP contribution in [0.2, 0.25) is 0 Å². The van der Waals surface area contributed by atoms with Crippen molar-refractivity contribution in [3.8, 4) is 0 Å². The summed E-state index contributed by atoms with van der Waals surface area (Å²) in [4.78, 5) is 0. The number of rotatable bonds is 17. The lowest BCUT2D eigenvalue weighted by molar-refractivity contribution is -0.386. The lowest BCUT2D eigenvalue weighted by Gasteiger charge is -2.35. The van der Waals surface area contributed by atoms with Crippen LogP contribution in [0.1, 0.15) is 72.6 Å². The second-order valence-corrected chi connectivity index (χ2v) is 6.30. The van der Waals surface area contributed by atoms with Gasteiger partial charge in [0, 0.05) is 19.8 Å². The van der Waals surface area contributed by atoms with Crippen molar-refractivity contribution in [2.24, 2.45) is 0 Å². The molecule has 2 atom stereocenters. The van der Waals surface area contributed by atoms with Gasteiger partial charge in [-0.3, -0.25) is 0 Å². The van der Waals surface area contributed by atoms with Gasteiger partial charge in [0.05, 0.1) is 25.7 Å². The molecular formula is C19H38O5. The van der Waals surface area contributed by atoms with Crippen molar-refractivity contribution in [1.29, 1.82) is 0 Å². The number of epoxide rings is 1. The van der Waals surface area contributed by atoms with Crippen molar-refractivity contribution in [3.05, 3.63) is 0 Å². The highest BCUT2D eigenvalue weighted by Gasteiger charge is 2.37. The van der Waals surface area contributed by atoms with Crippen LogP contribution in [0.4, 0.5) is 0 Å². The maximum Gasteiger partial charge on any atom is 0.285 e. The summed E-state index contributed by atoms with van der Waals surface area (Å²) in [6.45, 7) is 11.3. The van der Waals surface area contributed by atoms with Crippen molar-refractivity contribution in [1.82, 2.24) is 0 Å². The highest BCUT2D eigenvalue weighted by molar-refractivity contribution is 4.73. The molecule has 5 heteroatoms. The van der Waals surface area contributed by atoms with Gasteiger partial charge in [-0.05, 0) is 27.2 Å². The van der Waals surface area contributed by atoms with Crippen LogP contribution in [0.25, 0.3) is 0 Å². The topological polar surface area (TPSA) is 49.5 Å². The van der Waals surface area contributed by atoms with Crippen LogP contribution in [0, 0.1) is 0 Å². The highest BCUT2D eigenvalue weighted by atomic mass is 16.9. The number of ether oxygens (including phenoxy) is 5. The van der Waals surface area contributed by atoms with Crippen molar-refractivity contribution < 1.29 is 23.7 Å². The van der Waals surface area contributed by atoms with E-state index in [1.165, 1.54) is 25.7 Å². The second kappa shape index (κ2) is 13.1. The molecule has 0 aromatic rings. The fourth-order valence-corrected chi connectivity index (χ4v) is 2.87. The summed E-state index contributed by atoms with van der Waals surface area (Å²) < 4.78 is 28.9. The number of hydrogen-bond acceptors (Lipinski definition) is 5. The van der Waals surface area contributed by atoms with Crippen LogP contribution < -0.4 is 0 Å². The van der Waals surface area contributed by atoms with Crippen LogP contribution in [-0.2, 0) is 23.7 Å². The van der Waals surface area contributed by atoms with Gasteiger partial charge >= 0.3 is 0 Å². The molecule has 1 fully saturated rings. The van der Waals surface area contributed by atoms with Gasteiger partial charge in [-0.1, -0.05) is 39.0 Å². The molecule has 144 valence electrons. The minimum absolute atomic E-state index is 0.0699. The monoisotopic (exact) mass is 346 g/mol. The van der Waals surface area contributed by atoms with Crippen LogP contribution in [0.3, 0.4) is 0 Å². The molecular weight excluding hydrogens is 308 g/mol. The first kappa shape index (κ1) is 21.8. The molecule has 24 heavy (non-hydrogen) atoms. The summed E-state index contributed by atoms with van der Waals surface area (Å²) in [6.07, 6.45) is 8.23. The van der Waals surface area contributed by atoms with Gasteiger partial charge in [-0.15, -0.1) is 0 Å². The predicted molar refractivity (Wildman–Crippen MR) is 95.1 cm³/mol. The lowest BCUT2D eigenvalue weighted by Crippen LogP contribution is -2.43. The van der Waals surface area contributed by atoms with Crippen LogP contribution >= 0.6 is 0 Å². The fourth-order valence-electron chi connectivity index (χ4n) is 2.87. The summed E-state index contributed by atoms with van der Waals surface area (Å²) >= 11 is 0. The average molecular weight is 347 g/mol. The van der Waals surface area contributed by atoms with Gasteiger partial charge in [0.25, 0.3) is 5.97 Å². The van der Waals surface area contributed by atoms with E-state index in [0.29, 0.717) is 32.8 Å². The zero-order chi connectivity index (χ0) is 17.7. The quantitative estimate of drug-likeness (QED) is 0.223. The first-order valence-corrected chi connectivity index (χ1v) is 9.84. The zero-order valence-electron chi connectivity index (χ0n) is 16.2. The summed E-state index contributed by atoms with van der Waals surface area (Å²) in [7, 11) is 0. The van der Waals surface area contributed by atoms with Gasteiger partial charge in [0.1, 0.15) is 6.10 Å². The van der Waals surface area contributed by atoms with Gasteiger partial charge in [-0.2, -0.15) is 0 Å². The second-order valence-electron chi connectivity index (χ2n) is 6.30. The normalized spacial score (nSPS) is 18.8. The van der Waals surface area contributed by atoms with E-state index in [1.54, 1.807) is 0 Å². The van der Waals surface area contributed by atoms with E-state index in [4.69, 9.17) is 23.7 Å². The van der Waals surface area contributed by atoms with E-state index in [1.807, 2.05) is 20.8 Å². The van der Waals surface area contributed by atoms with Crippen molar-refractivity contribution in [2.45, 2.75) is 90.8 Å². The van der Waals surface area contributed by atoms with E-state index in [-0.39, 0.29) is 12.2 Å². The molecule has 1 saturated heterocycles. The highest BCUT2D eigenvalue weighted by Crippen LogP contribution is 2.27. The van der Waals surface area contributed by atoms with E-state index >= 15 is 0 Å². The Kier molecular flexibility index (Phi) is 11.9. The van der Waals surface area contributed by atoms with Crippen molar-refractivity contribution in [2.75, 3.05) is 33.0 Å². The van der Waals surface area contributed by atoms with E-state index in [9.17, 15) is 0 Å². The largest absolute Gasteiger partial charge is 0.375 e. The standard InChI is InChI=1S/C19H38O5/c1-5-9-10-11-12-13-17(20-15-18-16-21-18)14-19(22-6-2,23-7-3)24-8-4/h17-18H,5-16H2,1-4H3. The summed E-state index contributed by atoms with van der Waals surface area (Å²) in [5.41, 5.74) is 0. The maximum absolute atomic E-state index is 6.10. The molecule has 1 heterocycles. The molecule has 0 spiro atoms. The third-order valence-corrected chi connectivity index (χ3v) is 4.12. The first-order chi connectivity index (χ1) is 11.7. The lowest BCUT2D eigenvalue weighted by atomic mass is 10.0. The molecule has 2 unspecified atom stereocenters. The van der Waals surface area contributed by atoms with Gasteiger partial charge in [0.2, 0.25) is 0 Å². The van der Waals surface area contributed by atoms with Crippen LogP contribution in [-0.4, -0.2) is 51.2 Å². The Hall–Kier alpha value is -0.200. The van der Waals surface area contributed by atoms with E-state index in [0.717, 1.165) is 19.4 Å². The summed E-state index contributed by atoms with van der Waals surface area (Å²) in [5.74, 6) is -0.989. The molecule has 1 aliphatic heterocycles. The van der Waals surface area contributed by atoms with E-state index < -0.39 is 5.97 Å². The molecule has 0 saturated carbocycles. The number of unbranched alkanes of at least 4 members (excludes halogenated alkanes) is 4. The molecule has 1 aliphatic rings. The third kappa shape index (κ3) is 9.33. The fraction of sp³-hybridized carbons (Fsp3) is 1.00. The molecule has 0 bridgehead atoms. The molecule has 5 nitrogen and oxygen atoms in total. The minimum atomic E-state index is -0.989. The summed E-state index contributed by atoms with van der Waals surface area (Å²) in [5, 5.41) is 0. The first-order valence-electron chi connectivity index (χ1n) is 9.84. The molecule has 0 N–H and O–H groups in total. The van der Waals surface area contributed by atoms with Gasteiger partial charge in [0.15, 0.2) is 0 Å². The predicted octanol–water partition coefficient (Wildman–Crippen LogP) is 4.28. The number of hydrogen-bond donors (Lipinski definition) is 0. The Labute approximate surface area is 148 Å². The Morgan fingerprint density at radius 3 is 2.00 bits per heavy atom. The Balaban J connectivity index is 2.55. The Morgan fingerprint density at radius 1 is 0.917 bits per heavy atom. The Morgan fingerprint density at radius 2 is 1.50 bits per heavy atom. The van der Waals surface area contributed by atoms with Crippen molar-refractivity contribution >= 4 is 0 Å². The molecule has 0 aromatic heterocycles. The maximum atomic E-state index is 6.10. The minimum Gasteiger partial charge on any atom is -0.375 e. The molecule has 0 radical (unpaired) electrons. The molecule has 1 rings (SSSR count). The van der Waals surface area contributed by atoms with Crippen molar-refractivity contribution in [3.63, 3.8) is 0 Å². The zero-order valence-corrected chi connectivity index (χ0v) is 16.2. The molecule has 0 aromatic carbocycles. The summed E-state index contributed by atoms with van der Waals surface area (Å²) in [6, 6.07) is 0. The Bertz CT molecular complexity index is 276. The molecule has 0 amide bonds. The molecule has 0 aliphatic carbocycles. The van der Waals surface area contributed by atoms with Crippen LogP contribution in [0.15, 0.2) is 0 Å². The average Bonchev–Trinajstić information content (AvgIpc) is 3.37. The van der Waals surface area contributed by atoms with Crippen LogP contribution in [0.5, 0.6) is 0 Å². The smallest absolute Gasteiger partial charge is 0.285 e. The third-order valence-electron chi connectivity index (χ3n) is 4.12. The SMILES string of the molecule is CCCCCCCC(CC(OCC)(OCC)OCC)OCC1CO1. The van der Waals surface area contributed by atoms with Gasteiger partial charge < -0.3 is 23.7 Å². The van der Waals surface area contributed by atoms with E-state index in [2.05, 4.69) is 6.92 Å². The van der Waals surface area contributed by atoms with Gasteiger partial charge in [-0.25, -0.2) is 0 Å².